The molecule has 112 valence electrons. The first-order valence-electron chi connectivity index (χ1n) is 7.86. The molecule has 3 nitrogen and oxygen atoms in total. The number of aliphatic hydroxyl groups excluding tert-OH is 1. The van der Waals surface area contributed by atoms with Crippen LogP contribution in [0.5, 0.6) is 5.75 Å². The second kappa shape index (κ2) is 7.65. The lowest BCUT2D eigenvalue weighted by Crippen LogP contribution is -2.34. The largest absolute Gasteiger partial charge is 0.488 e. The summed E-state index contributed by atoms with van der Waals surface area (Å²) in [6.07, 6.45) is 4.78. The van der Waals surface area contributed by atoms with Gasteiger partial charge < -0.3 is 15.2 Å². The molecule has 20 heavy (non-hydrogen) atoms. The maximum atomic E-state index is 9.93. The Balaban J connectivity index is 1.87. The SMILES string of the molecule is CCNC(C)Cc1ccc(OC2CCCCC2O)cc1. The molecule has 0 aromatic heterocycles. The average molecular weight is 277 g/mol. The van der Waals surface area contributed by atoms with Crippen LogP contribution < -0.4 is 10.1 Å². The van der Waals surface area contributed by atoms with Crippen LogP contribution in [-0.4, -0.2) is 29.9 Å². The summed E-state index contributed by atoms with van der Waals surface area (Å²) < 4.78 is 5.91. The minimum absolute atomic E-state index is 0.0321. The van der Waals surface area contributed by atoms with Crippen molar-refractivity contribution < 1.29 is 9.84 Å². The number of benzene rings is 1. The summed E-state index contributed by atoms with van der Waals surface area (Å²) in [5.41, 5.74) is 1.31. The summed E-state index contributed by atoms with van der Waals surface area (Å²) in [4.78, 5) is 0. The number of rotatable bonds is 6. The molecule has 0 amide bonds. The highest BCUT2D eigenvalue weighted by atomic mass is 16.5. The highest BCUT2D eigenvalue weighted by Gasteiger charge is 2.24. The fraction of sp³-hybridized carbons (Fsp3) is 0.647. The molecule has 0 bridgehead atoms. The molecule has 3 unspecified atom stereocenters. The van der Waals surface area contributed by atoms with Gasteiger partial charge in [-0.25, -0.2) is 0 Å². The summed E-state index contributed by atoms with van der Waals surface area (Å²) in [6, 6.07) is 8.79. The molecule has 2 rings (SSSR count). The minimum Gasteiger partial charge on any atom is -0.488 e. The fourth-order valence-electron chi connectivity index (χ4n) is 2.87. The molecular weight excluding hydrogens is 250 g/mol. The van der Waals surface area contributed by atoms with Gasteiger partial charge in [-0.05, 0) is 56.8 Å². The molecule has 0 radical (unpaired) electrons. The number of hydrogen-bond donors (Lipinski definition) is 2. The number of likely N-dealkylation sites (N-methyl/N-ethyl adjacent to an activating group) is 1. The first-order valence-corrected chi connectivity index (χ1v) is 7.86. The van der Waals surface area contributed by atoms with Crippen molar-refractivity contribution >= 4 is 0 Å². The van der Waals surface area contributed by atoms with E-state index in [0.29, 0.717) is 6.04 Å². The van der Waals surface area contributed by atoms with Gasteiger partial charge in [0.05, 0.1) is 6.10 Å². The zero-order chi connectivity index (χ0) is 14.4. The van der Waals surface area contributed by atoms with Crippen LogP contribution in [0.2, 0.25) is 0 Å². The second-order valence-corrected chi connectivity index (χ2v) is 5.81. The molecule has 1 aromatic carbocycles. The third-order valence-electron chi connectivity index (χ3n) is 3.97. The van der Waals surface area contributed by atoms with Crippen LogP contribution in [0.3, 0.4) is 0 Å². The van der Waals surface area contributed by atoms with Crippen LogP contribution in [0.1, 0.15) is 45.1 Å². The second-order valence-electron chi connectivity index (χ2n) is 5.81. The Bertz CT molecular complexity index is 390. The maximum Gasteiger partial charge on any atom is 0.124 e. The van der Waals surface area contributed by atoms with E-state index >= 15 is 0 Å². The molecule has 1 aliphatic rings. The van der Waals surface area contributed by atoms with Crippen molar-refractivity contribution in [1.82, 2.24) is 5.32 Å². The van der Waals surface area contributed by atoms with E-state index in [4.69, 9.17) is 4.74 Å². The van der Waals surface area contributed by atoms with Crippen LogP contribution in [-0.2, 0) is 6.42 Å². The molecule has 1 saturated carbocycles. The molecule has 1 fully saturated rings. The summed E-state index contributed by atoms with van der Waals surface area (Å²) >= 11 is 0. The van der Waals surface area contributed by atoms with E-state index in [1.54, 1.807) is 0 Å². The van der Waals surface area contributed by atoms with Crippen molar-refractivity contribution in [2.45, 2.75) is 64.2 Å². The highest BCUT2D eigenvalue weighted by molar-refractivity contribution is 5.28. The predicted octanol–water partition coefficient (Wildman–Crippen LogP) is 2.91. The Morgan fingerprint density at radius 1 is 1.25 bits per heavy atom. The van der Waals surface area contributed by atoms with Gasteiger partial charge in [-0.3, -0.25) is 0 Å². The Morgan fingerprint density at radius 2 is 1.95 bits per heavy atom. The van der Waals surface area contributed by atoms with Crippen molar-refractivity contribution in [2.75, 3.05) is 6.54 Å². The highest BCUT2D eigenvalue weighted by Crippen LogP contribution is 2.24. The third kappa shape index (κ3) is 4.50. The van der Waals surface area contributed by atoms with E-state index in [1.807, 2.05) is 12.1 Å². The number of nitrogens with one attached hydrogen (secondary N) is 1. The van der Waals surface area contributed by atoms with Gasteiger partial charge in [0, 0.05) is 6.04 Å². The molecule has 0 spiro atoms. The van der Waals surface area contributed by atoms with Crippen molar-refractivity contribution in [3.63, 3.8) is 0 Å². The molecule has 0 heterocycles. The first-order chi connectivity index (χ1) is 9.69. The van der Waals surface area contributed by atoms with Gasteiger partial charge in [-0.2, -0.15) is 0 Å². The fourth-order valence-corrected chi connectivity index (χ4v) is 2.87. The maximum absolute atomic E-state index is 9.93. The van der Waals surface area contributed by atoms with Crippen molar-refractivity contribution in [2.24, 2.45) is 0 Å². The molecule has 0 saturated heterocycles. The van der Waals surface area contributed by atoms with Crippen LogP contribution in [0.15, 0.2) is 24.3 Å². The lowest BCUT2D eigenvalue weighted by molar-refractivity contribution is 0.00687. The smallest absolute Gasteiger partial charge is 0.124 e. The van der Waals surface area contributed by atoms with E-state index in [0.717, 1.165) is 44.4 Å². The molecule has 0 aliphatic heterocycles. The van der Waals surface area contributed by atoms with Gasteiger partial charge >= 0.3 is 0 Å². The van der Waals surface area contributed by atoms with Crippen LogP contribution in [0.25, 0.3) is 0 Å². The van der Waals surface area contributed by atoms with Crippen LogP contribution in [0, 0.1) is 0 Å². The molecule has 1 aromatic rings. The summed E-state index contributed by atoms with van der Waals surface area (Å²) in [6.45, 7) is 5.33. The van der Waals surface area contributed by atoms with Gasteiger partial charge in [0.1, 0.15) is 11.9 Å². The Labute approximate surface area is 122 Å². The van der Waals surface area contributed by atoms with Gasteiger partial charge in [0.2, 0.25) is 0 Å². The molecular formula is C17H27NO2. The standard InChI is InChI=1S/C17H27NO2/c1-3-18-13(2)12-14-8-10-15(11-9-14)20-17-7-5-4-6-16(17)19/h8-11,13,16-19H,3-7,12H2,1-2H3. The Morgan fingerprint density at radius 3 is 2.60 bits per heavy atom. The van der Waals surface area contributed by atoms with Crippen molar-refractivity contribution in [3.05, 3.63) is 29.8 Å². The first kappa shape index (κ1) is 15.3. The average Bonchev–Trinajstić information content (AvgIpc) is 2.44. The zero-order valence-electron chi connectivity index (χ0n) is 12.6. The Kier molecular flexibility index (Phi) is 5.86. The monoisotopic (exact) mass is 277 g/mol. The van der Waals surface area contributed by atoms with Gasteiger partial charge in [0.15, 0.2) is 0 Å². The summed E-state index contributed by atoms with van der Waals surface area (Å²) in [7, 11) is 0. The zero-order valence-corrected chi connectivity index (χ0v) is 12.6. The van der Waals surface area contributed by atoms with Crippen LogP contribution >= 0.6 is 0 Å². The van der Waals surface area contributed by atoms with E-state index in [2.05, 4.69) is 31.3 Å². The van der Waals surface area contributed by atoms with Gasteiger partial charge in [0.25, 0.3) is 0 Å². The van der Waals surface area contributed by atoms with Crippen molar-refractivity contribution in [1.29, 1.82) is 0 Å². The van der Waals surface area contributed by atoms with Crippen molar-refractivity contribution in [3.8, 4) is 5.75 Å². The van der Waals surface area contributed by atoms with E-state index in [1.165, 1.54) is 5.56 Å². The third-order valence-corrected chi connectivity index (χ3v) is 3.97. The topological polar surface area (TPSA) is 41.5 Å². The normalized spacial score (nSPS) is 24.4. The lowest BCUT2D eigenvalue weighted by Gasteiger charge is -2.28. The molecule has 2 N–H and O–H groups in total. The van der Waals surface area contributed by atoms with E-state index in [9.17, 15) is 5.11 Å². The van der Waals surface area contributed by atoms with Gasteiger partial charge in [-0.15, -0.1) is 0 Å². The quantitative estimate of drug-likeness (QED) is 0.840. The lowest BCUT2D eigenvalue weighted by atomic mass is 9.95. The number of ether oxygens (including phenoxy) is 1. The summed E-state index contributed by atoms with van der Waals surface area (Å²) in [5.74, 6) is 0.871. The van der Waals surface area contributed by atoms with E-state index in [-0.39, 0.29) is 12.2 Å². The number of aliphatic hydroxyl groups is 1. The molecule has 1 aliphatic carbocycles. The predicted molar refractivity (Wildman–Crippen MR) is 82.2 cm³/mol. The van der Waals surface area contributed by atoms with E-state index < -0.39 is 0 Å². The number of hydrogen-bond acceptors (Lipinski definition) is 3. The molecule has 3 atom stereocenters. The van der Waals surface area contributed by atoms with Crippen LogP contribution in [0.4, 0.5) is 0 Å². The summed E-state index contributed by atoms with van der Waals surface area (Å²) in [5, 5.41) is 13.3. The van der Waals surface area contributed by atoms with Gasteiger partial charge in [-0.1, -0.05) is 25.5 Å². The Hall–Kier alpha value is -1.06. The molecule has 3 heteroatoms. The minimum atomic E-state index is -0.308.